The lowest BCUT2D eigenvalue weighted by molar-refractivity contribution is -0.231. The molecule has 7 nitrogen and oxygen atoms in total. The molecule has 5 aliphatic carbocycles. The number of fused-ring (bicyclic) bond motifs is 5. The second-order valence-corrected chi connectivity index (χ2v) is 13.2. The largest absolute Gasteiger partial charge is 0.509 e. The van der Waals surface area contributed by atoms with Crippen molar-refractivity contribution in [2.45, 2.75) is 103 Å². The van der Waals surface area contributed by atoms with Crippen LogP contribution in [0.4, 0.5) is 9.18 Å². The Morgan fingerprint density at radius 3 is 2.42 bits per heavy atom. The molecule has 2 N–H and O–H groups in total. The van der Waals surface area contributed by atoms with Crippen molar-refractivity contribution in [3.63, 3.8) is 0 Å². The van der Waals surface area contributed by atoms with E-state index in [0.717, 1.165) is 19.3 Å². The predicted octanol–water partition coefficient (Wildman–Crippen LogP) is 5.40. The van der Waals surface area contributed by atoms with Crippen molar-refractivity contribution in [1.82, 2.24) is 0 Å². The highest BCUT2D eigenvalue weighted by atomic mass is 19.1. The molecule has 0 aromatic rings. The maximum absolute atomic E-state index is 17.5. The number of aliphatic hydroxyl groups excluding tert-OH is 1. The van der Waals surface area contributed by atoms with Gasteiger partial charge in [0.15, 0.2) is 11.5 Å². The van der Waals surface area contributed by atoms with Crippen molar-refractivity contribution in [2.75, 3.05) is 0 Å². The lowest BCUT2D eigenvalue weighted by atomic mass is 9.43. The second kappa shape index (κ2) is 8.90. The quantitative estimate of drug-likeness (QED) is 0.468. The number of allylic oxidation sites excluding steroid dienone is 4. The van der Waals surface area contributed by atoms with Gasteiger partial charge in [-0.2, -0.15) is 0 Å². The van der Waals surface area contributed by atoms with Crippen LogP contribution in [0.3, 0.4) is 0 Å². The molecule has 0 aromatic carbocycles. The number of ketones is 1. The van der Waals surface area contributed by atoms with E-state index in [1.165, 1.54) is 12.2 Å². The number of ether oxygens (including phenoxy) is 2. The highest BCUT2D eigenvalue weighted by Gasteiger charge is 2.78. The van der Waals surface area contributed by atoms with Gasteiger partial charge in [0.2, 0.25) is 5.60 Å². The lowest BCUT2D eigenvalue weighted by Crippen LogP contribution is -2.70. The van der Waals surface area contributed by atoms with E-state index in [9.17, 15) is 24.6 Å². The van der Waals surface area contributed by atoms with E-state index in [-0.39, 0.29) is 30.1 Å². The van der Waals surface area contributed by atoms with Gasteiger partial charge in [-0.15, -0.1) is 0 Å². The molecule has 5 aliphatic rings. The van der Waals surface area contributed by atoms with Gasteiger partial charge in [-0.3, -0.25) is 4.79 Å². The molecule has 210 valence electrons. The summed E-state index contributed by atoms with van der Waals surface area (Å²) in [6.45, 7) is 9.17. The molecule has 0 unspecified atom stereocenters. The standard InChI is InChI=1S/C30H41FO7/c1-16-8-6-7-9-23(16)37-26(36)38-30(25(34)35)18(3)13-21-22-12-17(2)20-14-19(32)10-11-27(20,4)29(22,31)24(33)15-28(21,30)5/h10-11,14,16-18,21-24,33H,6-9,12-13,15H2,1-5H3,(H,34,35)/t16-,17+,18-,21+,22+,23+,24+,27+,28+,29+,30+/m1/s1. The molecular weight excluding hydrogens is 491 g/mol. The zero-order chi connectivity index (χ0) is 27.8. The first-order chi connectivity index (χ1) is 17.7. The molecule has 0 aromatic heterocycles. The predicted molar refractivity (Wildman–Crippen MR) is 137 cm³/mol. The lowest BCUT2D eigenvalue weighted by Gasteiger charge is -2.63. The minimum atomic E-state index is -2.10. The van der Waals surface area contributed by atoms with Crippen molar-refractivity contribution in [2.24, 2.45) is 40.4 Å². The number of hydrogen-bond acceptors (Lipinski definition) is 6. The van der Waals surface area contributed by atoms with E-state index < -0.39 is 58.1 Å². The molecule has 5 rings (SSSR count). The van der Waals surface area contributed by atoms with Gasteiger partial charge in [0.1, 0.15) is 6.10 Å². The number of carboxylic acid groups (broad SMARTS) is 1. The van der Waals surface area contributed by atoms with Crippen molar-refractivity contribution in [1.29, 1.82) is 0 Å². The third-order valence-corrected chi connectivity index (χ3v) is 11.4. The van der Waals surface area contributed by atoms with Crippen LogP contribution in [0.15, 0.2) is 23.8 Å². The minimum Gasteiger partial charge on any atom is -0.478 e. The third-order valence-electron chi connectivity index (χ3n) is 11.4. The van der Waals surface area contributed by atoms with Crippen molar-refractivity contribution in [3.05, 3.63) is 23.8 Å². The van der Waals surface area contributed by atoms with Gasteiger partial charge >= 0.3 is 12.1 Å². The van der Waals surface area contributed by atoms with Crippen molar-refractivity contribution < 1.29 is 38.5 Å². The third kappa shape index (κ3) is 3.44. The number of carbonyl (C=O) groups excluding carboxylic acids is 2. The molecule has 0 heterocycles. The van der Waals surface area contributed by atoms with Crippen LogP contribution in [0.25, 0.3) is 0 Å². The molecule has 0 amide bonds. The van der Waals surface area contributed by atoms with Crippen LogP contribution in [-0.2, 0) is 19.1 Å². The summed E-state index contributed by atoms with van der Waals surface area (Å²) in [5, 5.41) is 22.2. The fourth-order valence-corrected chi connectivity index (χ4v) is 9.37. The Balaban J connectivity index is 1.52. The van der Waals surface area contributed by atoms with E-state index >= 15 is 4.39 Å². The van der Waals surface area contributed by atoms with Gasteiger partial charge in [0.05, 0.1) is 6.10 Å². The molecule has 8 heteroatoms. The maximum atomic E-state index is 17.5. The number of aliphatic hydroxyl groups is 1. The van der Waals surface area contributed by atoms with Gasteiger partial charge in [0.25, 0.3) is 0 Å². The smallest absolute Gasteiger partial charge is 0.478 e. The van der Waals surface area contributed by atoms with Crippen molar-refractivity contribution >= 4 is 17.9 Å². The number of carbonyl (C=O) groups is 3. The molecule has 4 fully saturated rings. The van der Waals surface area contributed by atoms with Gasteiger partial charge < -0.3 is 19.7 Å². The first-order valence-electron chi connectivity index (χ1n) is 14.2. The normalized spacial score (nSPS) is 49.8. The van der Waals surface area contributed by atoms with E-state index in [2.05, 4.69) is 0 Å². The first kappa shape index (κ1) is 27.4. The van der Waals surface area contributed by atoms with Gasteiger partial charge in [-0.05, 0) is 75.4 Å². The maximum Gasteiger partial charge on any atom is 0.509 e. The molecule has 0 spiro atoms. The van der Waals surface area contributed by atoms with Crippen LogP contribution < -0.4 is 0 Å². The summed E-state index contributed by atoms with van der Waals surface area (Å²) in [5.74, 6) is -3.23. The number of alkyl halides is 1. The molecular formula is C30H41FO7. The van der Waals surface area contributed by atoms with Crippen LogP contribution in [0, 0.1) is 40.4 Å². The van der Waals surface area contributed by atoms with Crippen LogP contribution in [0.1, 0.15) is 79.6 Å². The zero-order valence-corrected chi connectivity index (χ0v) is 23.0. The van der Waals surface area contributed by atoms with Crippen LogP contribution >= 0.6 is 0 Å². The van der Waals surface area contributed by atoms with E-state index in [0.29, 0.717) is 24.8 Å². The minimum absolute atomic E-state index is 0.133. The summed E-state index contributed by atoms with van der Waals surface area (Å²) in [6, 6.07) is 0. The molecule has 0 bridgehead atoms. The summed E-state index contributed by atoms with van der Waals surface area (Å²) < 4.78 is 29.0. The summed E-state index contributed by atoms with van der Waals surface area (Å²) in [6.07, 6.45) is 5.73. The number of hydrogen-bond donors (Lipinski definition) is 2. The first-order valence-corrected chi connectivity index (χ1v) is 14.2. The Morgan fingerprint density at radius 2 is 1.76 bits per heavy atom. The number of rotatable bonds is 3. The molecule has 4 saturated carbocycles. The molecule has 0 aliphatic heterocycles. The summed E-state index contributed by atoms with van der Waals surface area (Å²) in [5.41, 5.74) is -5.81. The van der Waals surface area contributed by atoms with E-state index in [1.54, 1.807) is 26.8 Å². The van der Waals surface area contributed by atoms with E-state index in [1.807, 2.05) is 13.8 Å². The van der Waals surface area contributed by atoms with Gasteiger partial charge in [0, 0.05) is 22.7 Å². The second-order valence-electron chi connectivity index (χ2n) is 13.2. The average Bonchev–Trinajstić information content (AvgIpc) is 3.06. The van der Waals surface area contributed by atoms with Crippen LogP contribution in [0.2, 0.25) is 0 Å². The Labute approximate surface area is 223 Å². The van der Waals surface area contributed by atoms with Crippen LogP contribution in [-0.4, -0.2) is 51.6 Å². The number of carboxylic acids is 1. The fourth-order valence-electron chi connectivity index (χ4n) is 9.37. The van der Waals surface area contributed by atoms with Crippen LogP contribution in [0.5, 0.6) is 0 Å². The highest BCUT2D eigenvalue weighted by molar-refractivity contribution is 6.01. The SMILES string of the molecule is C[C@@H]1CCCC[C@@H]1OC(=O)O[C@]1(C(=O)O)[C@H](C)C[C@H]2[C@@H]3C[C@H](C)C4=CC(=O)C=C[C@]4(C)[C@@]3(F)[C@@H](O)C[C@@]21C. The molecule has 0 saturated heterocycles. The Morgan fingerprint density at radius 1 is 1.08 bits per heavy atom. The topological polar surface area (TPSA) is 110 Å². The Kier molecular flexibility index (Phi) is 6.41. The average molecular weight is 533 g/mol. The molecule has 0 radical (unpaired) electrons. The monoisotopic (exact) mass is 532 g/mol. The van der Waals surface area contributed by atoms with Gasteiger partial charge in [-0.1, -0.05) is 45.8 Å². The van der Waals surface area contributed by atoms with E-state index in [4.69, 9.17) is 9.47 Å². The fraction of sp³-hybridized carbons (Fsp3) is 0.767. The summed E-state index contributed by atoms with van der Waals surface area (Å²) >= 11 is 0. The summed E-state index contributed by atoms with van der Waals surface area (Å²) in [4.78, 5) is 38.4. The Bertz CT molecular complexity index is 1100. The van der Waals surface area contributed by atoms with Crippen molar-refractivity contribution in [3.8, 4) is 0 Å². The highest BCUT2D eigenvalue weighted by Crippen LogP contribution is 2.72. The number of halogens is 1. The molecule has 11 atom stereocenters. The number of aliphatic carboxylic acids is 1. The summed E-state index contributed by atoms with van der Waals surface area (Å²) in [7, 11) is 0. The Hall–Kier alpha value is -2.22. The van der Waals surface area contributed by atoms with Gasteiger partial charge in [-0.25, -0.2) is 14.0 Å². The molecule has 38 heavy (non-hydrogen) atoms. The zero-order valence-electron chi connectivity index (χ0n) is 23.0.